The highest BCUT2D eigenvalue weighted by molar-refractivity contribution is 5.29. The first-order valence-electron chi connectivity index (χ1n) is 7.55. The van der Waals surface area contributed by atoms with Crippen LogP contribution in [0, 0.1) is 11.8 Å². The number of benzene rings is 1. The predicted molar refractivity (Wildman–Crippen MR) is 71.4 cm³/mol. The minimum atomic E-state index is -0.505. The Kier molecular flexibility index (Phi) is 3.27. The maximum absolute atomic E-state index is 5.99. The molecule has 20 heavy (non-hydrogen) atoms. The van der Waals surface area contributed by atoms with E-state index in [2.05, 4.69) is 12.1 Å². The van der Waals surface area contributed by atoms with Crippen molar-refractivity contribution in [1.29, 1.82) is 0 Å². The monoisotopic (exact) mass is 276 g/mol. The Morgan fingerprint density at radius 2 is 1.85 bits per heavy atom. The lowest BCUT2D eigenvalue weighted by Crippen LogP contribution is -2.48. The van der Waals surface area contributed by atoms with E-state index in [0.717, 1.165) is 18.4 Å². The Balaban J connectivity index is 1.77. The molecule has 1 heterocycles. The minimum absolute atomic E-state index is 0.0678. The molecule has 3 aliphatic rings. The van der Waals surface area contributed by atoms with E-state index in [1.807, 2.05) is 18.2 Å². The first-order chi connectivity index (χ1) is 9.91. The summed E-state index contributed by atoms with van der Waals surface area (Å²) in [7, 11) is 0. The van der Waals surface area contributed by atoms with E-state index in [4.69, 9.17) is 19.6 Å². The van der Waals surface area contributed by atoms with Crippen molar-refractivity contribution in [2.45, 2.75) is 37.4 Å². The van der Waals surface area contributed by atoms with E-state index in [1.165, 1.54) is 12.8 Å². The second-order valence-electron chi connectivity index (χ2n) is 6.03. The largest absolute Gasteiger partial charge is 0.236 e. The quantitative estimate of drug-likeness (QED) is 0.739. The fourth-order valence-corrected chi connectivity index (χ4v) is 4.11. The predicted octanol–water partition coefficient (Wildman–Crippen LogP) is 2.98. The molecule has 0 unspecified atom stereocenters. The molecule has 3 fully saturated rings. The zero-order chi connectivity index (χ0) is 13.4. The lowest BCUT2D eigenvalue weighted by Gasteiger charge is -2.40. The van der Waals surface area contributed by atoms with E-state index in [1.54, 1.807) is 0 Å². The van der Waals surface area contributed by atoms with Crippen LogP contribution in [-0.4, -0.2) is 19.3 Å². The zero-order valence-corrected chi connectivity index (χ0v) is 11.5. The summed E-state index contributed by atoms with van der Waals surface area (Å²) >= 11 is 0. The van der Waals surface area contributed by atoms with Crippen LogP contribution in [0.3, 0.4) is 0 Å². The van der Waals surface area contributed by atoms with Crippen molar-refractivity contribution in [3.8, 4) is 0 Å². The molecule has 0 amide bonds. The third-order valence-electron chi connectivity index (χ3n) is 4.98. The highest BCUT2D eigenvalue weighted by atomic mass is 17.2. The third kappa shape index (κ3) is 1.83. The van der Waals surface area contributed by atoms with Gasteiger partial charge in [0.2, 0.25) is 0 Å². The van der Waals surface area contributed by atoms with Gasteiger partial charge in [-0.15, -0.1) is 0 Å². The maximum atomic E-state index is 5.99. The fourth-order valence-electron chi connectivity index (χ4n) is 4.11. The molecule has 2 saturated carbocycles. The molecule has 2 bridgehead atoms. The Morgan fingerprint density at radius 1 is 1.00 bits per heavy atom. The zero-order valence-electron chi connectivity index (χ0n) is 11.5. The first-order valence-corrected chi connectivity index (χ1v) is 7.55. The van der Waals surface area contributed by atoms with Gasteiger partial charge < -0.3 is 0 Å². The molecular weight excluding hydrogens is 256 g/mol. The topological polar surface area (TPSA) is 36.9 Å². The lowest BCUT2D eigenvalue weighted by atomic mass is 9.77. The van der Waals surface area contributed by atoms with Gasteiger partial charge in [0.25, 0.3) is 0 Å². The summed E-state index contributed by atoms with van der Waals surface area (Å²) in [5, 5.41) is 0. The van der Waals surface area contributed by atoms with Crippen LogP contribution in [0.2, 0.25) is 0 Å². The standard InChI is InChI=1S/C16H20O4/c1-2-5-13(6-3-1)16-14-8-7-12(11-14)15(16)19-17-9-4-10-18-20-16/h1-3,5-6,12,14-15H,4,7-11H2/t12-,14+,15+,16-/m0/s1. The molecule has 0 aromatic heterocycles. The average Bonchev–Trinajstić information content (AvgIpc) is 3.09. The van der Waals surface area contributed by atoms with E-state index < -0.39 is 5.60 Å². The summed E-state index contributed by atoms with van der Waals surface area (Å²) in [6, 6.07) is 10.3. The van der Waals surface area contributed by atoms with Gasteiger partial charge in [-0.25, -0.2) is 19.6 Å². The summed E-state index contributed by atoms with van der Waals surface area (Å²) in [5.41, 5.74) is 0.636. The molecule has 1 saturated heterocycles. The number of fused-ring (bicyclic) bond motifs is 5. The normalized spacial score (nSPS) is 40.7. The van der Waals surface area contributed by atoms with Crippen molar-refractivity contribution in [3.05, 3.63) is 35.9 Å². The molecule has 0 N–H and O–H groups in total. The van der Waals surface area contributed by atoms with Crippen LogP contribution in [0.1, 0.15) is 31.2 Å². The van der Waals surface area contributed by atoms with Gasteiger partial charge in [-0.1, -0.05) is 30.3 Å². The smallest absolute Gasteiger partial charge is 0.161 e. The summed E-state index contributed by atoms with van der Waals surface area (Å²) in [6.07, 6.45) is 4.21. The SMILES string of the molecule is c1ccc([C@@]23OOCCCOO[C@@H]2[C@H]2CC[C@@H]3C2)cc1. The Hall–Kier alpha value is -0.940. The van der Waals surface area contributed by atoms with Crippen LogP contribution in [0.5, 0.6) is 0 Å². The van der Waals surface area contributed by atoms with Crippen LogP contribution in [0.15, 0.2) is 30.3 Å². The summed E-state index contributed by atoms with van der Waals surface area (Å²) < 4.78 is 0. The van der Waals surface area contributed by atoms with Gasteiger partial charge in [0.15, 0.2) is 5.60 Å². The molecule has 0 spiro atoms. The Labute approximate surface area is 118 Å². The second-order valence-corrected chi connectivity index (χ2v) is 6.03. The van der Waals surface area contributed by atoms with Crippen molar-refractivity contribution < 1.29 is 19.6 Å². The molecule has 0 radical (unpaired) electrons. The molecular formula is C16H20O4. The van der Waals surface area contributed by atoms with Crippen molar-refractivity contribution in [2.75, 3.05) is 13.2 Å². The van der Waals surface area contributed by atoms with Gasteiger partial charge in [-0.05, 0) is 36.7 Å². The molecule has 1 aromatic rings. The van der Waals surface area contributed by atoms with Gasteiger partial charge in [0.1, 0.15) is 6.10 Å². The first kappa shape index (κ1) is 12.8. The van der Waals surface area contributed by atoms with Crippen LogP contribution < -0.4 is 0 Å². The van der Waals surface area contributed by atoms with Crippen LogP contribution in [0.25, 0.3) is 0 Å². The summed E-state index contributed by atoms with van der Waals surface area (Å²) in [4.78, 5) is 22.7. The third-order valence-corrected chi connectivity index (χ3v) is 4.98. The van der Waals surface area contributed by atoms with Gasteiger partial charge in [0, 0.05) is 6.42 Å². The highest BCUT2D eigenvalue weighted by Gasteiger charge is 2.63. The van der Waals surface area contributed by atoms with Gasteiger partial charge >= 0.3 is 0 Å². The minimum Gasteiger partial charge on any atom is -0.236 e. The van der Waals surface area contributed by atoms with Crippen LogP contribution >= 0.6 is 0 Å². The van der Waals surface area contributed by atoms with Crippen molar-refractivity contribution in [2.24, 2.45) is 11.8 Å². The van der Waals surface area contributed by atoms with Gasteiger partial charge in [-0.3, -0.25) is 0 Å². The maximum Gasteiger partial charge on any atom is 0.161 e. The van der Waals surface area contributed by atoms with Crippen molar-refractivity contribution in [1.82, 2.24) is 0 Å². The highest BCUT2D eigenvalue weighted by Crippen LogP contribution is 2.59. The number of rotatable bonds is 1. The average molecular weight is 276 g/mol. The van der Waals surface area contributed by atoms with E-state index in [9.17, 15) is 0 Å². The molecule has 2 aliphatic carbocycles. The molecule has 4 heteroatoms. The molecule has 4 rings (SSSR count). The van der Waals surface area contributed by atoms with E-state index in [-0.39, 0.29) is 6.10 Å². The summed E-state index contributed by atoms with van der Waals surface area (Å²) in [6.45, 7) is 1.10. The van der Waals surface area contributed by atoms with Gasteiger partial charge in [-0.2, -0.15) is 0 Å². The molecule has 108 valence electrons. The van der Waals surface area contributed by atoms with E-state index >= 15 is 0 Å². The number of hydrogen-bond donors (Lipinski definition) is 0. The van der Waals surface area contributed by atoms with E-state index in [0.29, 0.717) is 25.0 Å². The fraction of sp³-hybridized carbons (Fsp3) is 0.625. The number of hydrogen-bond acceptors (Lipinski definition) is 4. The van der Waals surface area contributed by atoms with Crippen LogP contribution in [-0.2, 0) is 25.2 Å². The molecule has 1 aliphatic heterocycles. The van der Waals surface area contributed by atoms with Gasteiger partial charge in [0.05, 0.1) is 13.2 Å². The lowest BCUT2D eigenvalue weighted by molar-refractivity contribution is -0.424. The van der Waals surface area contributed by atoms with Crippen LogP contribution in [0.4, 0.5) is 0 Å². The Morgan fingerprint density at radius 3 is 2.75 bits per heavy atom. The van der Waals surface area contributed by atoms with Crippen molar-refractivity contribution in [3.63, 3.8) is 0 Å². The molecule has 1 aromatic carbocycles. The second kappa shape index (κ2) is 5.11. The Bertz CT molecular complexity index is 463. The molecule has 4 nitrogen and oxygen atoms in total. The summed E-state index contributed by atoms with van der Waals surface area (Å²) in [5.74, 6) is 0.948. The molecule has 4 atom stereocenters. The van der Waals surface area contributed by atoms with Crippen molar-refractivity contribution >= 4 is 0 Å².